The molecular formula is C12H12ClF3O4. The molecule has 0 radical (unpaired) electrons. The SMILES string of the molecule is O=C(O)C(O)c1ccc(OC(F)(F)F)c(CCCCl)c1. The summed E-state index contributed by atoms with van der Waals surface area (Å²) in [6.07, 6.45) is -6.08. The van der Waals surface area contributed by atoms with E-state index in [2.05, 4.69) is 4.74 Å². The standard InChI is InChI=1S/C12H12ClF3O4/c13-5-1-2-7-6-8(10(17)11(18)19)3-4-9(7)20-12(14,15)16/h3-4,6,10,17H,1-2,5H2,(H,18,19). The van der Waals surface area contributed by atoms with Gasteiger partial charge >= 0.3 is 12.3 Å². The fraction of sp³-hybridized carbons (Fsp3) is 0.417. The molecule has 1 aromatic rings. The zero-order valence-corrected chi connectivity index (χ0v) is 10.9. The normalized spacial score (nSPS) is 13.1. The van der Waals surface area contributed by atoms with Gasteiger partial charge in [0.15, 0.2) is 6.10 Å². The molecule has 112 valence electrons. The second kappa shape index (κ2) is 6.81. The molecule has 0 bridgehead atoms. The molecule has 1 unspecified atom stereocenters. The van der Waals surface area contributed by atoms with Gasteiger partial charge in [-0.2, -0.15) is 0 Å². The van der Waals surface area contributed by atoms with Crippen LogP contribution in [0.25, 0.3) is 0 Å². The number of hydrogen-bond acceptors (Lipinski definition) is 3. The first kappa shape index (κ1) is 16.6. The van der Waals surface area contributed by atoms with Crippen LogP contribution in [0.15, 0.2) is 18.2 Å². The van der Waals surface area contributed by atoms with Crippen LogP contribution in [0.1, 0.15) is 23.7 Å². The van der Waals surface area contributed by atoms with E-state index in [9.17, 15) is 23.1 Å². The molecule has 1 rings (SSSR count). The topological polar surface area (TPSA) is 66.8 Å². The van der Waals surface area contributed by atoms with E-state index in [0.717, 1.165) is 12.1 Å². The molecule has 1 atom stereocenters. The van der Waals surface area contributed by atoms with Crippen LogP contribution in [-0.2, 0) is 11.2 Å². The van der Waals surface area contributed by atoms with Gasteiger partial charge in [0, 0.05) is 5.88 Å². The van der Waals surface area contributed by atoms with Crippen LogP contribution in [0, 0.1) is 0 Å². The molecule has 0 amide bonds. The Morgan fingerprint density at radius 3 is 2.55 bits per heavy atom. The van der Waals surface area contributed by atoms with E-state index >= 15 is 0 Å². The van der Waals surface area contributed by atoms with Gasteiger partial charge in [-0.15, -0.1) is 24.8 Å². The average Bonchev–Trinajstić information content (AvgIpc) is 2.34. The van der Waals surface area contributed by atoms with Gasteiger partial charge in [0.1, 0.15) is 5.75 Å². The van der Waals surface area contributed by atoms with Gasteiger partial charge in [-0.1, -0.05) is 6.07 Å². The number of halogens is 4. The quantitative estimate of drug-likeness (QED) is 0.793. The van der Waals surface area contributed by atoms with Crippen LogP contribution in [0.2, 0.25) is 0 Å². The first-order valence-electron chi connectivity index (χ1n) is 5.60. The third-order valence-electron chi connectivity index (χ3n) is 2.44. The first-order valence-corrected chi connectivity index (χ1v) is 6.13. The van der Waals surface area contributed by atoms with Crippen molar-refractivity contribution in [2.24, 2.45) is 0 Å². The lowest BCUT2D eigenvalue weighted by molar-refractivity contribution is -0.274. The third-order valence-corrected chi connectivity index (χ3v) is 2.71. The molecule has 0 saturated carbocycles. The molecule has 0 spiro atoms. The molecule has 0 aliphatic heterocycles. The first-order chi connectivity index (χ1) is 9.24. The van der Waals surface area contributed by atoms with Crippen LogP contribution in [-0.4, -0.2) is 28.4 Å². The molecule has 0 saturated heterocycles. The minimum absolute atomic E-state index is 0.0170. The van der Waals surface area contributed by atoms with Crippen LogP contribution < -0.4 is 4.74 Å². The summed E-state index contributed by atoms with van der Waals surface area (Å²) in [6, 6.07) is 3.23. The van der Waals surface area contributed by atoms with Gasteiger partial charge in [0.25, 0.3) is 0 Å². The number of rotatable bonds is 6. The van der Waals surface area contributed by atoms with Crippen molar-refractivity contribution in [1.29, 1.82) is 0 Å². The summed E-state index contributed by atoms with van der Waals surface area (Å²) in [4.78, 5) is 10.7. The van der Waals surface area contributed by atoms with Crippen LogP contribution in [0.4, 0.5) is 13.2 Å². The van der Waals surface area contributed by atoms with Gasteiger partial charge in [0.2, 0.25) is 0 Å². The average molecular weight is 313 g/mol. The molecular weight excluding hydrogens is 301 g/mol. The highest BCUT2D eigenvalue weighted by molar-refractivity contribution is 6.17. The Labute approximate surface area is 117 Å². The number of aliphatic hydroxyl groups is 1. The summed E-state index contributed by atoms with van der Waals surface area (Å²) in [5.74, 6) is -1.68. The van der Waals surface area contributed by atoms with Crippen molar-refractivity contribution in [3.63, 3.8) is 0 Å². The van der Waals surface area contributed by atoms with E-state index < -0.39 is 24.2 Å². The molecule has 1 aromatic carbocycles. The number of carboxylic acids is 1. The highest BCUT2D eigenvalue weighted by atomic mass is 35.5. The fourth-order valence-corrected chi connectivity index (χ4v) is 1.72. The van der Waals surface area contributed by atoms with Gasteiger partial charge in [-0.25, -0.2) is 4.79 Å². The lowest BCUT2D eigenvalue weighted by Gasteiger charge is -2.15. The number of aliphatic carboxylic acids is 1. The number of aryl methyl sites for hydroxylation is 1. The molecule has 20 heavy (non-hydrogen) atoms. The maximum atomic E-state index is 12.2. The van der Waals surface area contributed by atoms with Crippen LogP contribution in [0.5, 0.6) is 5.75 Å². The van der Waals surface area contributed by atoms with Crippen molar-refractivity contribution in [2.75, 3.05) is 5.88 Å². The zero-order chi connectivity index (χ0) is 15.3. The Bertz CT molecular complexity index is 476. The molecule has 0 aliphatic rings. The van der Waals surface area contributed by atoms with Gasteiger partial charge < -0.3 is 14.9 Å². The summed E-state index contributed by atoms with van der Waals surface area (Å²) in [6.45, 7) is 0. The number of aliphatic hydroxyl groups excluding tert-OH is 1. The highest BCUT2D eigenvalue weighted by Gasteiger charge is 2.32. The second-order valence-electron chi connectivity index (χ2n) is 3.95. The summed E-state index contributed by atoms with van der Waals surface area (Å²) in [5, 5.41) is 18.1. The number of benzene rings is 1. The van der Waals surface area contributed by atoms with Crippen molar-refractivity contribution in [3.8, 4) is 5.75 Å². The largest absolute Gasteiger partial charge is 0.573 e. The van der Waals surface area contributed by atoms with Crippen molar-refractivity contribution in [2.45, 2.75) is 25.3 Å². The van der Waals surface area contributed by atoms with E-state index in [4.69, 9.17) is 16.7 Å². The smallest absolute Gasteiger partial charge is 0.479 e. The number of carbonyl (C=O) groups is 1. The molecule has 2 N–H and O–H groups in total. The summed E-state index contributed by atoms with van der Waals surface area (Å²) < 4.78 is 40.6. The molecule has 8 heteroatoms. The summed E-state index contributed by atoms with van der Waals surface area (Å²) >= 11 is 5.48. The minimum atomic E-state index is -4.84. The molecule has 0 aromatic heterocycles. The number of ether oxygens (including phenoxy) is 1. The molecule has 0 heterocycles. The van der Waals surface area contributed by atoms with Crippen molar-refractivity contribution >= 4 is 17.6 Å². The van der Waals surface area contributed by atoms with Crippen molar-refractivity contribution in [3.05, 3.63) is 29.3 Å². The zero-order valence-electron chi connectivity index (χ0n) is 10.2. The number of alkyl halides is 4. The Kier molecular flexibility index (Phi) is 5.64. The maximum Gasteiger partial charge on any atom is 0.573 e. The summed E-state index contributed by atoms with van der Waals surface area (Å²) in [5.41, 5.74) is 0.123. The Morgan fingerprint density at radius 1 is 1.40 bits per heavy atom. The fourth-order valence-electron chi connectivity index (χ4n) is 1.59. The Morgan fingerprint density at radius 2 is 2.05 bits per heavy atom. The lowest BCUT2D eigenvalue weighted by Crippen LogP contribution is -2.18. The van der Waals surface area contributed by atoms with Crippen LogP contribution in [0.3, 0.4) is 0 Å². The second-order valence-corrected chi connectivity index (χ2v) is 4.33. The molecule has 0 fully saturated rings. The van der Waals surface area contributed by atoms with E-state index in [0.29, 0.717) is 6.42 Å². The summed E-state index contributed by atoms with van der Waals surface area (Å²) in [7, 11) is 0. The lowest BCUT2D eigenvalue weighted by atomic mass is 10.0. The number of carboxylic acid groups (broad SMARTS) is 1. The molecule has 4 nitrogen and oxygen atoms in total. The van der Waals surface area contributed by atoms with E-state index in [1.165, 1.54) is 6.07 Å². The van der Waals surface area contributed by atoms with Gasteiger partial charge in [-0.3, -0.25) is 0 Å². The Balaban J connectivity index is 3.09. The van der Waals surface area contributed by atoms with Crippen LogP contribution >= 0.6 is 11.6 Å². The van der Waals surface area contributed by atoms with Gasteiger partial charge in [-0.05, 0) is 36.1 Å². The predicted octanol–water partition coefficient (Wildman–Crippen LogP) is 2.87. The minimum Gasteiger partial charge on any atom is -0.479 e. The third kappa shape index (κ3) is 4.90. The van der Waals surface area contributed by atoms with Gasteiger partial charge in [0.05, 0.1) is 0 Å². The van der Waals surface area contributed by atoms with E-state index in [1.54, 1.807) is 0 Å². The maximum absolute atomic E-state index is 12.2. The monoisotopic (exact) mass is 312 g/mol. The highest BCUT2D eigenvalue weighted by Crippen LogP contribution is 2.30. The predicted molar refractivity (Wildman–Crippen MR) is 64.8 cm³/mol. The van der Waals surface area contributed by atoms with Crippen molar-refractivity contribution < 1.29 is 32.9 Å². The Hall–Kier alpha value is -1.47. The number of hydrogen-bond donors (Lipinski definition) is 2. The van der Waals surface area contributed by atoms with E-state index in [1.807, 2.05) is 0 Å². The molecule has 0 aliphatic carbocycles. The van der Waals surface area contributed by atoms with E-state index in [-0.39, 0.29) is 23.4 Å². The van der Waals surface area contributed by atoms with Crippen molar-refractivity contribution in [1.82, 2.24) is 0 Å².